The van der Waals surface area contributed by atoms with Crippen LogP contribution < -0.4 is 9.62 Å². The summed E-state index contributed by atoms with van der Waals surface area (Å²) in [6.45, 7) is -0.436. The number of nitrogens with zero attached hydrogens (tertiary/aromatic N) is 2. The zero-order chi connectivity index (χ0) is 29.4. The van der Waals surface area contributed by atoms with Gasteiger partial charge in [0.1, 0.15) is 12.6 Å². The Hall–Kier alpha value is -3.66. The predicted octanol–water partition coefficient (Wildman–Crippen LogP) is 5.68. The average Bonchev–Trinajstić information content (AvgIpc) is 2.99. The van der Waals surface area contributed by atoms with Crippen molar-refractivity contribution in [2.75, 3.05) is 17.9 Å². The smallest absolute Gasteiger partial charge is 0.264 e. The highest BCUT2D eigenvalue weighted by atomic mass is 79.9. The van der Waals surface area contributed by atoms with E-state index in [2.05, 4.69) is 21.2 Å². The third kappa shape index (κ3) is 7.75. The van der Waals surface area contributed by atoms with E-state index < -0.39 is 28.5 Å². The molecular formula is C31H29BrClN3O4S. The van der Waals surface area contributed by atoms with Crippen LogP contribution in [0.2, 0.25) is 5.02 Å². The van der Waals surface area contributed by atoms with Crippen molar-refractivity contribution in [3.63, 3.8) is 0 Å². The van der Waals surface area contributed by atoms with Gasteiger partial charge in [-0.2, -0.15) is 0 Å². The lowest BCUT2D eigenvalue weighted by Crippen LogP contribution is -2.53. The van der Waals surface area contributed by atoms with Gasteiger partial charge in [-0.3, -0.25) is 13.9 Å². The van der Waals surface area contributed by atoms with E-state index in [0.717, 1.165) is 19.9 Å². The summed E-state index contributed by atoms with van der Waals surface area (Å²) < 4.78 is 29.6. The minimum atomic E-state index is -4.15. The Kier molecular flexibility index (Phi) is 10.2. The molecular weight excluding hydrogens is 626 g/mol. The van der Waals surface area contributed by atoms with E-state index in [9.17, 15) is 18.0 Å². The molecule has 1 atom stereocenters. The first kappa shape index (κ1) is 30.3. The maximum absolute atomic E-state index is 14.2. The predicted molar refractivity (Wildman–Crippen MR) is 165 cm³/mol. The first-order valence-electron chi connectivity index (χ1n) is 12.8. The van der Waals surface area contributed by atoms with Gasteiger partial charge in [-0.1, -0.05) is 88.2 Å². The van der Waals surface area contributed by atoms with Crippen molar-refractivity contribution in [1.82, 2.24) is 10.2 Å². The van der Waals surface area contributed by atoms with Gasteiger partial charge in [-0.25, -0.2) is 8.42 Å². The topological polar surface area (TPSA) is 86.8 Å². The van der Waals surface area contributed by atoms with E-state index in [0.29, 0.717) is 5.02 Å². The van der Waals surface area contributed by atoms with Gasteiger partial charge in [-0.15, -0.1) is 0 Å². The highest BCUT2D eigenvalue weighted by Gasteiger charge is 2.34. The number of halogens is 2. The molecule has 0 radical (unpaired) electrons. The standard InChI is InChI=1S/C31H29BrClN3O4S/c1-34-31(38)29(20-23-8-4-2-5-9-23)35(21-24-12-14-25(32)15-13-24)30(37)22-36(27-18-16-26(33)17-19-27)41(39,40)28-10-6-3-7-11-28/h2-19,29H,20-22H2,1H3,(H,34,38)/t29-/m0/s1. The van der Waals surface area contributed by atoms with Gasteiger partial charge in [0.25, 0.3) is 10.0 Å². The number of benzene rings is 4. The molecule has 0 saturated carbocycles. The van der Waals surface area contributed by atoms with E-state index in [1.165, 1.54) is 24.1 Å². The van der Waals surface area contributed by atoms with E-state index in [-0.39, 0.29) is 29.5 Å². The van der Waals surface area contributed by atoms with Gasteiger partial charge in [-0.05, 0) is 59.7 Å². The molecule has 10 heteroatoms. The van der Waals surface area contributed by atoms with Gasteiger partial charge in [0, 0.05) is 29.5 Å². The van der Waals surface area contributed by atoms with Crippen LogP contribution >= 0.6 is 27.5 Å². The Balaban J connectivity index is 1.77. The molecule has 0 saturated heterocycles. The van der Waals surface area contributed by atoms with Crippen molar-refractivity contribution in [3.05, 3.63) is 130 Å². The lowest BCUT2D eigenvalue weighted by molar-refractivity contribution is -0.139. The van der Waals surface area contributed by atoms with Gasteiger partial charge >= 0.3 is 0 Å². The molecule has 4 aromatic rings. The highest BCUT2D eigenvalue weighted by molar-refractivity contribution is 9.10. The summed E-state index contributed by atoms with van der Waals surface area (Å²) in [7, 11) is -2.63. The Morgan fingerprint density at radius 3 is 2.00 bits per heavy atom. The molecule has 4 aromatic carbocycles. The summed E-state index contributed by atoms with van der Waals surface area (Å²) >= 11 is 9.51. The van der Waals surface area contributed by atoms with Crippen LogP contribution in [0.5, 0.6) is 0 Å². The molecule has 0 unspecified atom stereocenters. The highest BCUT2D eigenvalue weighted by Crippen LogP contribution is 2.26. The largest absolute Gasteiger partial charge is 0.357 e. The minimum Gasteiger partial charge on any atom is -0.357 e. The van der Waals surface area contributed by atoms with Crippen LogP contribution in [0.25, 0.3) is 0 Å². The van der Waals surface area contributed by atoms with Gasteiger partial charge < -0.3 is 10.2 Å². The number of sulfonamides is 1. The number of amides is 2. The van der Waals surface area contributed by atoms with Crippen LogP contribution in [0.3, 0.4) is 0 Å². The lowest BCUT2D eigenvalue weighted by atomic mass is 10.0. The molecule has 4 rings (SSSR count). The van der Waals surface area contributed by atoms with Gasteiger partial charge in [0.15, 0.2) is 0 Å². The molecule has 2 amide bonds. The number of hydrogen-bond donors (Lipinski definition) is 1. The van der Waals surface area contributed by atoms with Crippen molar-refractivity contribution in [1.29, 1.82) is 0 Å². The normalized spacial score (nSPS) is 11.9. The number of carbonyl (C=O) groups excluding carboxylic acids is 2. The fourth-order valence-corrected chi connectivity index (χ4v) is 6.19. The second-order valence-corrected chi connectivity index (χ2v) is 12.5. The molecule has 0 aliphatic heterocycles. The molecule has 0 heterocycles. The van der Waals surface area contributed by atoms with Crippen molar-refractivity contribution in [2.45, 2.75) is 23.9 Å². The Labute approximate surface area is 253 Å². The number of anilines is 1. The lowest BCUT2D eigenvalue weighted by Gasteiger charge is -2.33. The summed E-state index contributed by atoms with van der Waals surface area (Å²) in [5, 5.41) is 3.10. The number of rotatable bonds is 11. The van der Waals surface area contributed by atoms with Gasteiger partial charge in [0.05, 0.1) is 10.6 Å². The molecule has 0 spiro atoms. The van der Waals surface area contributed by atoms with Crippen molar-refractivity contribution in [2.24, 2.45) is 0 Å². The Morgan fingerprint density at radius 1 is 0.829 bits per heavy atom. The fourth-order valence-electron chi connectivity index (χ4n) is 4.36. The van der Waals surface area contributed by atoms with Crippen molar-refractivity contribution >= 4 is 55.1 Å². The number of likely N-dealkylation sites (N-methyl/N-ethyl adjacent to an activating group) is 1. The first-order valence-corrected chi connectivity index (χ1v) is 15.4. The maximum Gasteiger partial charge on any atom is 0.264 e. The van der Waals surface area contributed by atoms with Crippen molar-refractivity contribution < 1.29 is 18.0 Å². The zero-order valence-electron chi connectivity index (χ0n) is 22.3. The summed E-state index contributed by atoms with van der Waals surface area (Å²) in [5.41, 5.74) is 1.92. The van der Waals surface area contributed by atoms with Crippen LogP contribution in [0.15, 0.2) is 119 Å². The third-order valence-corrected chi connectivity index (χ3v) is 9.08. The molecule has 0 fully saturated rings. The third-order valence-electron chi connectivity index (χ3n) is 6.51. The SMILES string of the molecule is CNC(=O)[C@H](Cc1ccccc1)N(Cc1ccc(Br)cc1)C(=O)CN(c1ccc(Cl)cc1)S(=O)(=O)c1ccccc1. The Morgan fingerprint density at radius 2 is 1.41 bits per heavy atom. The molecule has 0 aromatic heterocycles. The fraction of sp³-hybridized carbons (Fsp3) is 0.161. The average molecular weight is 655 g/mol. The van der Waals surface area contributed by atoms with Gasteiger partial charge in [0.2, 0.25) is 11.8 Å². The van der Waals surface area contributed by atoms with Crippen LogP contribution in [0, 0.1) is 0 Å². The van der Waals surface area contributed by atoms with E-state index in [1.54, 1.807) is 42.5 Å². The second kappa shape index (κ2) is 13.8. The summed E-state index contributed by atoms with van der Waals surface area (Å²) in [4.78, 5) is 28.9. The quantitative estimate of drug-likeness (QED) is 0.225. The van der Waals surface area contributed by atoms with Crippen LogP contribution in [-0.2, 0) is 32.6 Å². The molecule has 0 aliphatic rings. The molecule has 212 valence electrons. The molecule has 41 heavy (non-hydrogen) atoms. The van der Waals surface area contributed by atoms with Crippen LogP contribution in [0.4, 0.5) is 5.69 Å². The zero-order valence-corrected chi connectivity index (χ0v) is 25.4. The van der Waals surface area contributed by atoms with Crippen molar-refractivity contribution in [3.8, 4) is 0 Å². The number of nitrogens with one attached hydrogen (secondary N) is 1. The number of carbonyl (C=O) groups is 2. The summed E-state index contributed by atoms with van der Waals surface area (Å²) in [6, 6.07) is 30.0. The molecule has 0 bridgehead atoms. The first-order chi connectivity index (χ1) is 19.7. The minimum absolute atomic E-state index is 0.0364. The number of hydrogen-bond acceptors (Lipinski definition) is 4. The summed E-state index contributed by atoms with van der Waals surface area (Å²) in [5.74, 6) is -0.893. The van der Waals surface area contributed by atoms with E-state index in [1.807, 2.05) is 54.6 Å². The second-order valence-electron chi connectivity index (χ2n) is 9.27. The van der Waals surface area contributed by atoms with Crippen LogP contribution in [0.1, 0.15) is 11.1 Å². The molecule has 1 N–H and O–H groups in total. The maximum atomic E-state index is 14.2. The van der Waals surface area contributed by atoms with Crippen LogP contribution in [-0.4, -0.2) is 44.8 Å². The van der Waals surface area contributed by atoms with E-state index >= 15 is 0 Å². The Bertz CT molecular complexity index is 1570. The summed E-state index contributed by atoms with van der Waals surface area (Å²) in [6.07, 6.45) is 0.245. The molecule has 7 nitrogen and oxygen atoms in total. The van der Waals surface area contributed by atoms with E-state index in [4.69, 9.17) is 11.6 Å². The monoisotopic (exact) mass is 653 g/mol. The molecule has 0 aliphatic carbocycles.